The van der Waals surface area contributed by atoms with E-state index in [-0.39, 0.29) is 5.91 Å². The van der Waals surface area contributed by atoms with Crippen molar-refractivity contribution in [3.8, 4) is 0 Å². The van der Waals surface area contributed by atoms with Gasteiger partial charge in [-0.1, -0.05) is 38.1 Å². The fourth-order valence-corrected chi connectivity index (χ4v) is 4.72. The van der Waals surface area contributed by atoms with Gasteiger partial charge in [-0.25, -0.2) is 0 Å². The average molecular weight is 382 g/mol. The topological polar surface area (TPSA) is 73.0 Å². The van der Waals surface area contributed by atoms with E-state index in [1.807, 2.05) is 6.07 Å². The Balaban J connectivity index is 1.41. The Hall–Kier alpha value is -2.18. The molecule has 1 aromatic carbocycles. The first-order chi connectivity index (χ1) is 13.6. The molecule has 6 nitrogen and oxygen atoms in total. The van der Waals surface area contributed by atoms with Gasteiger partial charge in [0, 0.05) is 56.9 Å². The highest BCUT2D eigenvalue weighted by molar-refractivity contribution is 5.94. The molecular formula is C22H31N5O. The molecule has 1 amide bonds. The number of rotatable bonds is 5. The second-order valence-corrected chi connectivity index (χ2v) is 8.55. The van der Waals surface area contributed by atoms with Gasteiger partial charge in [0.15, 0.2) is 5.69 Å². The van der Waals surface area contributed by atoms with Crippen LogP contribution in [0.3, 0.4) is 0 Å². The van der Waals surface area contributed by atoms with Crippen molar-refractivity contribution < 1.29 is 4.79 Å². The third kappa shape index (κ3) is 4.28. The van der Waals surface area contributed by atoms with Crippen molar-refractivity contribution in [2.45, 2.75) is 46.3 Å². The van der Waals surface area contributed by atoms with Crippen LogP contribution in [-0.2, 0) is 26.1 Å². The molecule has 2 aromatic rings. The van der Waals surface area contributed by atoms with Crippen molar-refractivity contribution in [1.82, 2.24) is 25.7 Å². The maximum Gasteiger partial charge on any atom is 0.272 e. The molecule has 0 saturated carbocycles. The number of hydrogen-bond acceptors (Lipinski definition) is 4. The summed E-state index contributed by atoms with van der Waals surface area (Å²) < 4.78 is 0. The molecule has 0 radical (unpaired) electrons. The van der Waals surface area contributed by atoms with Gasteiger partial charge in [0.25, 0.3) is 5.91 Å². The molecular weight excluding hydrogens is 350 g/mol. The van der Waals surface area contributed by atoms with E-state index in [2.05, 4.69) is 57.8 Å². The second kappa shape index (κ2) is 8.45. The molecule has 3 N–H and O–H groups in total. The number of piperidine rings is 1. The number of fused-ring (bicyclic) bond motifs is 1. The molecule has 0 bridgehead atoms. The molecule has 2 aliphatic rings. The zero-order chi connectivity index (χ0) is 19.5. The van der Waals surface area contributed by atoms with Crippen molar-refractivity contribution in [2.75, 3.05) is 19.6 Å². The van der Waals surface area contributed by atoms with E-state index in [1.165, 1.54) is 17.5 Å². The first-order valence-electron chi connectivity index (χ1n) is 10.4. The van der Waals surface area contributed by atoms with Gasteiger partial charge < -0.3 is 10.6 Å². The van der Waals surface area contributed by atoms with Crippen LogP contribution in [0.4, 0.5) is 0 Å². The molecule has 2 atom stereocenters. The number of benzene rings is 1. The van der Waals surface area contributed by atoms with Gasteiger partial charge in [0.1, 0.15) is 0 Å². The third-order valence-corrected chi connectivity index (χ3v) is 5.92. The van der Waals surface area contributed by atoms with E-state index in [0.717, 1.165) is 55.7 Å². The van der Waals surface area contributed by atoms with Crippen molar-refractivity contribution in [1.29, 1.82) is 0 Å². The molecule has 150 valence electrons. The van der Waals surface area contributed by atoms with Crippen LogP contribution in [0.15, 0.2) is 24.3 Å². The summed E-state index contributed by atoms with van der Waals surface area (Å²) in [6, 6.07) is 8.44. The number of aromatic amines is 1. The molecule has 6 heteroatoms. The van der Waals surface area contributed by atoms with Gasteiger partial charge in [-0.15, -0.1) is 0 Å². The minimum Gasteiger partial charge on any atom is -0.347 e. The predicted octanol–water partition coefficient (Wildman–Crippen LogP) is 2.46. The number of amides is 1. The number of hydrogen-bond donors (Lipinski definition) is 3. The highest BCUT2D eigenvalue weighted by atomic mass is 16.1. The normalized spacial score (nSPS) is 22.6. The van der Waals surface area contributed by atoms with E-state index in [4.69, 9.17) is 0 Å². The molecule has 1 aromatic heterocycles. The fourth-order valence-electron chi connectivity index (χ4n) is 4.72. The monoisotopic (exact) mass is 381 g/mol. The summed E-state index contributed by atoms with van der Waals surface area (Å²) in [7, 11) is 0. The van der Waals surface area contributed by atoms with Crippen LogP contribution in [0, 0.1) is 11.8 Å². The average Bonchev–Trinajstić information content (AvgIpc) is 3.10. The van der Waals surface area contributed by atoms with E-state index in [0.29, 0.717) is 18.8 Å². The lowest BCUT2D eigenvalue weighted by Crippen LogP contribution is -2.38. The van der Waals surface area contributed by atoms with Crippen LogP contribution >= 0.6 is 0 Å². The first kappa shape index (κ1) is 19.2. The molecule has 3 heterocycles. The lowest BCUT2D eigenvalue weighted by molar-refractivity contribution is 0.0944. The molecule has 2 aliphatic heterocycles. The van der Waals surface area contributed by atoms with Crippen LogP contribution in [-0.4, -0.2) is 40.6 Å². The Labute approximate surface area is 167 Å². The van der Waals surface area contributed by atoms with Gasteiger partial charge in [-0.3, -0.25) is 14.8 Å². The fraction of sp³-hybridized carbons (Fsp3) is 0.545. The minimum absolute atomic E-state index is 0.101. The van der Waals surface area contributed by atoms with Crippen molar-refractivity contribution in [3.05, 3.63) is 52.3 Å². The second-order valence-electron chi connectivity index (χ2n) is 8.55. The van der Waals surface area contributed by atoms with E-state index < -0.39 is 0 Å². The Bertz CT molecular complexity index is 820. The Kier molecular flexibility index (Phi) is 5.78. The largest absolute Gasteiger partial charge is 0.347 e. The maximum atomic E-state index is 12.7. The van der Waals surface area contributed by atoms with Crippen LogP contribution in [0.1, 0.15) is 53.1 Å². The Morgan fingerprint density at radius 3 is 2.75 bits per heavy atom. The summed E-state index contributed by atoms with van der Waals surface area (Å²) in [4.78, 5) is 15.3. The van der Waals surface area contributed by atoms with Gasteiger partial charge in [-0.2, -0.15) is 5.10 Å². The molecule has 1 saturated heterocycles. The molecule has 4 rings (SSSR count). The van der Waals surface area contributed by atoms with Crippen molar-refractivity contribution in [2.24, 2.45) is 11.8 Å². The zero-order valence-corrected chi connectivity index (χ0v) is 16.9. The summed E-state index contributed by atoms with van der Waals surface area (Å²) in [6.45, 7) is 10.1. The summed E-state index contributed by atoms with van der Waals surface area (Å²) in [5, 5.41) is 13.7. The molecule has 0 aliphatic carbocycles. The highest BCUT2D eigenvalue weighted by Crippen LogP contribution is 2.23. The standard InChI is InChI=1S/C22H31N5O/c1-15-9-16(2)13-27(12-15)14-18-6-4-3-5-17(18)10-24-22(28)21-19-11-23-8-7-20(19)25-26-21/h3-6,15-16,23H,7-14H2,1-2H3,(H,24,28)(H,25,26). The van der Waals surface area contributed by atoms with Crippen molar-refractivity contribution in [3.63, 3.8) is 0 Å². The molecule has 0 spiro atoms. The van der Waals surface area contributed by atoms with Crippen LogP contribution in [0.2, 0.25) is 0 Å². The number of carbonyl (C=O) groups is 1. The highest BCUT2D eigenvalue weighted by Gasteiger charge is 2.23. The first-order valence-corrected chi connectivity index (χ1v) is 10.4. The molecule has 28 heavy (non-hydrogen) atoms. The van der Waals surface area contributed by atoms with Gasteiger partial charge in [-0.05, 0) is 29.4 Å². The molecule has 1 fully saturated rings. The minimum atomic E-state index is -0.101. The molecule has 2 unspecified atom stereocenters. The number of nitrogens with one attached hydrogen (secondary N) is 3. The van der Waals surface area contributed by atoms with Crippen LogP contribution < -0.4 is 10.6 Å². The van der Waals surface area contributed by atoms with Crippen LogP contribution in [0.5, 0.6) is 0 Å². The quantitative estimate of drug-likeness (QED) is 0.744. The van der Waals surface area contributed by atoms with E-state index in [1.54, 1.807) is 0 Å². The summed E-state index contributed by atoms with van der Waals surface area (Å²) in [5.74, 6) is 1.39. The number of carbonyl (C=O) groups excluding carboxylic acids is 1. The van der Waals surface area contributed by atoms with E-state index >= 15 is 0 Å². The summed E-state index contributed by atoms with van der Waals surface area (Å²) >= 11 is 0. The number of nitrogens with zero attached hydrogens (tertiary/aromatic N) is 2. The number of likely N-dealkylation sites (tertiary alicyclic amines) is 1. The number of aromatic nitrogens is 2. The lowest BCUT2D eigenvalue weighted by Gasteiger charge is -2.35. The Morgan fingerprint density at radius 2 is 1.96 bits per heavy atom. The SMILES string of the molecule is CC1CC(C)CN(Cc2ccccc2CNC(=O)c2n[nH]c3c2CNCC3)C1. The van der Waals surface area contributed by atoms with E-state index in [9.17, 15) is 4.79 Å². The Morgan fingerprint density at radius 1 is 1.21 bits per heavy atom. The number of H-pyrrole nitrogens is 1. The smallest absolute Gasteiger partial charge is 0.272 e. The maximum absolute atomic E-state index is 12.7. The lowest BCUT2D eigenvalue weighted by atomic mass is 9.91. The predicted molar refractivity (Wildman–Crippen MR) is 110 cm³/mol. The van der Waals surface area contributed by atoms with Gasteiger partial charge in [0.05, 0.1) is 0 Å². The third-order valence-electron chi connectivity index (χ3n) is 5.92. The van der Waals surface area contributed by atoms with Crippen LogP contribution in [0.25, 0.3) is 0 Å². The summed E-state index contributed by atoms with van der Waals surface area (Å²) in [5.41, 5.74) is 5.10. The van der Waals surface area contributed by atoms with Gasteiger partial charge in [0.2, 0.25) is 0 Å². The zero-order valence-electron chi connectivity index (χ0n) is 16.9. The van der Waals surface area contributed by atoms with Crippen molar-refractivity contribution >= 4 is 5.91 Å². The van der Waals surface area contributed by atoms with Gasteiger partial charge >= 0.3 is 0 Å². The summed E-state index contributed by atoms with van der Waals surface area (Å²) in [6.07, 6.45) is 2.21.